The highest BCUT2D eigenvalue weighted by molar-refractivity contribution is 7.92. The van der Waals surface area contributed by atoms with Crippen LogP contribution >= 0.6 is 0 Å². The summed E-state index contributed by atoms with van der Waals surface area (Å²) >= 11 is 0. The van der Waals surface area contributed by atoms with Gasteiger partial charge in [-0.1, -0.05) is 18.2 Å². The third-order valence-electron chi connectivity index (χ3n) is 4.10. The lowest BCUT2D eigenvalue weighted by atomic mass is 10.1. The van der Waals surface area contributed by atoms with E-state index in [1.807, 2.05) is 38.1 Å². The molecule has 0 radical (unpaired) electrons. The zero-order valence-electron chi connectivity index (χ0n) is 16.5. The van der Waals surface area contributed by atoms with E-state index in [1.54, 1.807) is 24.3 Å². The molecule has 1 amide bonds. The molecular weight excluding hydrogens is 380 g/mol. The number of amides is 1. The van der Waals surface area contributed by atoms with Crippen LogP contribution in [0.2, 0.25) is 0 Å². The van der Waals surface area contributed by atoms with Gasteiger partial charge in [0.15, 0.2) is 0 Å². The summed E-state index contributed by atoms with van der Waals surface area (Å²) in [6.07, 6.45) is 1.07. The Labute approximate surface area is 166 Å². The van der Waals surface area contributed by atoms with E-state index in [1.165, 1.54) is 7.11 Å². The third kappa shape index (κ3) is 5.88. The van der Waals surface area contributed by atoms with E-state index in [2.05, 4.69) is 5.32 Å². The fraction of sp³-hybridized carbons (Fsp3) is 0.350. The number of rotatable bonds is 9. The first-order valence-corrected chi connectivity index (χ1v) is 10.7. The zero-order valence-corrected chi connectivity index (χ0v) is 17.3. The van der Waals surface area contributed by atoms with Crippen LogP contribution < -0.4 is 19.1 Å². The van der Waals surface area contributed by atoms with E-state index in [0.29, 0.717) is 18.0 Å². The lowest BCUT2D eigenvalue weighted by molar-refractivity contribution is -0.120. The summed E-state index contributed by atoms with van der Waals surface area (Å²) in [7, 11) is -2.15. The summed E-state index contributed by atoms with van der Waals surface area (Å²) in [5.74, 6) is 0.856. The van der Waals surface area contributed by atoms with Crippen molar-refractivity contribution in [2.24, 2.45) is 0 Å². The highest BCUT2D eigenvalue weighted by Crippen LogP contribution is 2.23. The van der Waals surface area contributed by atoms with Crippen LogP contribution in [0, 0.1) is 0 Å². The molecule has 0 saturated carbocycles. The minimum atomic E-state index is -3.65. The van der Waals surface area contributed by atoms with Gasteiger partial charge in [-0.3, -0.25) is 9.10 Å². The van der Waals surface area contributed by atoms with Crippen molar-refractivity contribution in [3.63, 3.8) is 0 Å². The Balaban J connectivity index is 2.10. The van der Waals surface area contributed by atoms with E-state index in [4.69, 9.17) is 9.47 Å². The molecule has 2 aromatic rings. The first-order valence-electron chi connectivity index (χ1n) is 8.88. The molecule has 0 fully saturated rings. The SMILES string of the molecule is CCOc1ccc([C@H](C)NC(=O)CN(c2cccc(OC)c2)S(C)(=O)=O)cc1. The van der Waals surface area contributed by atoms with Gasteiger partial charge in [-0.15, -0.1) is 0 Å². The van der Waals surface area contributed by atoms with Gasteiger partial charge in [0.2, 0.25) is 15.9 Å². The highest BCUT2D eigenvalue weighted by Gasteiger charge is 2.22. The smallest absolute Gasteiger partial charge is 0.241 e. The average Bonchev–Trinajstić information content (AvgIpc) is 2.66. The summed E-state index contributed by atoms with van der Waals surface area (Å²) in [6, 6.07) is 13.7. The molecule has 2 aromatic carbocycles. The van der Waals surface area contributed by atoms with Crippen LogP contribution in [0.25, 0.3) is 0 Å². The average molecular weight is 407 g/mol. The van der Waals surface area contributed by atoms with Gasteiger partial charge in [0.1, 0.15) is 18.0 Å². The fourth-order valence-corrected chi connectivity index (χ4v) is 3.53. The number of ether oxygens (including phenoxy) is 2. The van der Waals surface area contributed by atoms with Gasteiger partial charge in [0.05, 0.1) is 31.7 Å². The molecule has 0 aliphatic heterocycles. The van der Waals surface area contributed by atoms with Crippen LogP contribution in [-0.4, -0.2) is 40.8 Å². The number of hydrogen-bond donors (Lipinski definition) is 1. The Kier molecular flexibility index (Phi) is 7.28. The number of methoxy groups -OCH3 is 1. The van der Waals surface area contributed by atoms with Crippen molar-refractivity contribution in [1.82, 2.24) is 5.32 Å². The predicted octanol–water partition coefficient (Wildman–Crippen LogP) is 2.74. The van der Waals surface area contributed by atoms with Crippen molar-refractivity contribution >= 4 is 21.6 Å². The van der Waals surface area contributed by atoms with Gasteiger partial charge in [0, 0.05) is 6.07 Å². The molecule has 0 aromatic heterocycles. The van der Waals surface area contributed by atoms with Crippen molar-refractivity contribution in [3.8, 4) is 11.5 Å². The van der Waals surface area contributed by atoms with Crippen molar-refractivity contribution in [1.29, 1.82) is 0 Å². The summed E-state index contributed by atoms with van der Waals surface area (Å²) in [6.45, 7) is 4.00. The van der Waals surface area contributed by atoms with E-state index in [-0.39, 0.29) is 12.6 Å². The predicted molar refractivity (Wildman–Crippen MR) is 109 cm³/mol. The Morgan fingerprint density at radius 2 is 1.82 bits per heavy atom. The van der Waals surface area contributed by atoms with Crippen LogP contribution in [0.3, 0.4) is 0 Å². The Hall–Kier alpha value is -2.74. The van der Waals surface area contributed by atoms with Crippen molar-refractivity contribution in [2.75, 3.05) is 30.8 Å². The minimum Gasteiger partial charge on any atom is -0.497 e. The van der Waals surface area contributed by atoms with Crippen LogP contribution in [0.15, 0.2) is 48.5 Å². The minimum absolute atomic E-state index is 0.283. The van der Waals surface area contributed by atoms with E-state index >= 15 is 0 Å². The maximum absolute atomic E-state index is 12.5. The van der Waals surface area contributed by atoms with Crippen LogP contribution in [-0.2, 0) is 14.8 Å². The zero-order chi connectivity index (χ0) is 20.7. The highest BCUT2D eigenvalue weighted by atomic mass is 32.2. The molecule has 1 N–H and O–H groups in total. The van der Waals surface area contributed by atoms with Crippen molar-refractivity contribution < 1.29 is 22.7 Å². The first kappa shape index (κ1) is 21.6. The van der Waals surface area contributed by atoms with E-state index in [9.17, 15) is 13.2 Å². The van der Waals surface area contributed by atoms with Crippen LogP contribution in [0.1, 0.15) is 25.5 Å². The summed E-state index contributed by atoms with van der Waals surface area (Å²) in [5.41, 5.74) is 1.26. The second-order valence-corrected chi connectivity index (χ2v) is 8.17. The maximum atomic E-state index is 12.5. The molecule has 0 saturated heterocycles. The van der Waals surface area contributed by atoms with Gasteiger partial charge in [0.25, 0.3) is 0 Å². The Morgan fingerprint density at radius 1 is 1.14 bits per heavy atom. The van der Waals surface area contributed by atoms with E-state index < -0.39 is 15.9 Å². The van der Waals surface area contributed by atoms with E-state index in [0.717, 1.165) is 21.9 Å². The largest absolute Gasteiger partial charge is 0.497 e. The Bertz CT molecular complexity index is 897. The molecule has 7 nitrogen and oxygen atoms in total. The van der Waals surface area contributed by atoms with Gasteiger partial charge in [-0.05, 0) is 43.7 Å². The van der Waals surface area contributed by atoms with Crippen molar-refractivity contribution in [3.05, 3.63) is 54.1 Å². The summed E-state index contributed by atoms with van der Waals surface area (Å²) in [5, 5.41) is 2.83. The molecular formula is C20H26N2O5S. The molecule has 0 aliphatic carbocycles. The number of benzene rings is 2. The Morgan fingerprint density at radius 3 is 2.39 bits per heavy atom. The number of nitrogens with one attached hydrogen (secondary N) is 1. The lowest BCUT2D eigenvalue weighted by Gasteiger charge is -2.23. The summed E-state index contributed by atoms with van der Waals surface area (Å²) in [4.78, 5) is 12.5. The number of nitrogens with zero attached hydrogens (tertiary/aromatic N) is 1. The first-order chi connectivity index (χ1) is 13.2. The second kappa shape index (κ2) is 9.45. The third-order valence-corrected chi connectivity index (χ3v) is 5.24. The standard InChI is InChI=1S/C20H26N2O5S/c1-5-27-18-11-9-16(10-12-18)15(2)21-20(23)14-22(28(4,24)25)17-7-6-8-19(13-17)26-3/h6-13,15H,5,14H2,1-4H3,(H,21,23)/t15-/m0/s1. The summed E-state index contributed by atoms with van der Waals surface area (Å²) < 4.78 is 36.0. The number of carbonyl (C=O) groups excluding carboxylic acids is 1. The molecule has 0 aliphatic rings. The molecule has 8 heteroatoms. The molecule has 28 heavy (non-hydrogen) atoms. The topological polar surface area (TPSA) is 84.9 Å². The second-order valence-electron chi connectivity index (χ2n) is 6.26. The normalized spacial score (nSPS) is 12.1. The maximum Gasteiger partial charge on any atom is 0.241 e. The van der Waals surface area contributed by atoms with Gasteiger partial charge >= 0.3 is 0 Å². The number of anilines is 1. The number of carbonyl (C=O) groups is 1. The van der Waals surface area contributed by atoms with Crippen LogP contribution in [0.5, 0.6) is 11.5 Å². The quantitative estimate of drug-likeness (QED) is 0.692. The van der Waals surface area contributed by atoms with Gasteiger partial charge < -0.3 is 14.8 Å². The molecule has 0 spiro atoms. The fourth-order valence-electron chi connectivity index (χ4n) is 2.69. The molecule has 1 atom stereocenters. The van der Waals surface area contributed by atoms with Gasteiger partial charge in [-0.25, -0.2) is 8.42 Å². The molecule has 2 rings (SSSR count). The molecule has 0 bridgehead atoms. The molecule has 0 unspecified atom stereocenters. The monoisotopic (exact) mass is 406 g/mol. The molecule has 0 heterocycles. The molecule has 152 valence electrons. The van der Waals surface area contributed by atoms with Crippen molar-refractivity contribution in [2.45, 2.75) is 19.9 Å². The lowest BCUT2D eigenvalue weighted by Crippen LogP contribution is -2.41. The number of hydrogen-bond acceptors (Lipinski definition) is 5. The van der Waals surface area contributed by atoms with Crippen LogP contribution in [0.4, 0.5) is 5.69 Å². The number of sulfonamides is 1. The van der Waals surface area contributed by atoms with Gasteiger partial charge in [-0.2, -0.15) is 0 Å².